The molecule has 0 radical (unpaired) electrons. The number of aromatic nitrogens is 5. The second-order valence-electron chi connectivity index (χ2n) is 8.76. The Bertz CT molecular complexity index is 1460. The molecule has 0 aliphatic carbocycles. The Labute approximate surface area is 239 Å². The van der Waals surface area contributed by atoms with Gasteiger partial charge in [0.15, 0.2) is 0 Å². The van der Waals surface area contributed by atoms with Gasteiger partial charge in [0.05, 0.1) is 28.7 Å². The summed E-state index contributed by atoms with van der Waals surface area (Å²) in [5, 5.41) is 8.13. The molecule has 0 saturated carbocycles. The summed E-state index contributed by atoms with van der Waals surface area (Å²) >= 11 is 0. The van der Waals surface area contributed by atoms with Crippen LogP contribution in [0.1, 0.15) is 70.2 Å². The predicted molar refractivity (Wildman–Crippen MR) is 142 cm³/mol. The normalized spacial score (nSPS) is 13.0. The number of halogens is 6. The molecule has 2 aromatic heterocycles. The number of benzene rings is 1. The van der Waals surface area contributed by atoms with Crippen LogP contribution in [0, 0.1) is 13.8 Å². The fourth-order valence-electron chi connectivity index (χ4n) is 3.67. The van der Waals surface area contributed by atoms with Crippen LogP contribution in [-0.4, -0.2) is 58.8 Å². The number of hydrogen-bond acceptors (Lipinski definition) is 7. The lowest BCUT2D eigenvalue weighted by Crippen LogP contribution is -2.37. The first-order valence-electron chi connectivity index (χ1n) is 12.4. The lowest BCUT2D eigenvalue weighted by molar-refractivity contribution is -0.150. The van der Waals surface area contributed by atoms with Gasteiger partial charge in [0.2, 0.25) is 5.82 Å². The topological polar surface area (TPSA) is 132 Å². The second-order valence-corrected chi connectivity index (χ2v) is 10.2. The molecule has 2 unspecified atom stereocenters. The molecule has 3 aromatic rings. The van der Waals surface area contributed by atoms with E-state index in [1.54, 1.807) is 26.0 Å². The van der Waals surface area contributed by atoms with E-state index in [-0.39, 0.29) is 38.8 Å². The molecule has 3 rings (SSSR count). The van der Waals surface area contributed by atoms with Crippen molar-refractivity contribution < 1.29 is 40.1 Å². The molecule has 0 saturated heterocycles. The van der Waals surface area contributed by atoms with E-state index >= 15 is 0 Å². The maximum Gasteiger partial charge on any atom is 0.453 e. The Balaban J connectivity index is 0.00000301. The van der Waals surface area contributed by atoms with E-state index in [0.29, 0.717) is 5.56 Å². The van der Waals surface area contributed by atoms with Crippen molar-refractivity contribution in [1.29, 1.82) is 0 Å². The van der Waals surface area contributed by atoms with Crippen molar-refractivity contribution in [3.8, 4) is 0 Å². The van der Waals surface area contributed by atoms with Crippen LogP contribution in [0.2, 0.25) is 0 Å². The Morgan fingerprint density at radius 1 is 1.02 bits per heavy atom. The first-order chi connectivity index (χ1) is 19.5. The van der Waals surface area contributed by atoms with Crippen molar-refractivity contribution >= 4 is 28.3 Å². The van der Waals surface area contributed by atoms with Crippen LogP contribution in [-0.2, 0) is 29.7 Å². The summed E-state index contributed by atoms with van der Waals surface area (Å²) in [5.74, 6) is -5.23. The molecular formula is C25H29F6N7O3S. The molecule has 42 heavy (non-hydrogen) atoms. The second kappa shape index (κ2) is 13.8. The largest absolute Gasteiger partial charge is 0.453 e. The van der Waals surface area contributed by atoms with E-state index in [9.17, 15) is 40.1 Å². The Morgan fingerprint density at radius 2 is 1.67 bits per heavy atom. The minimum Gasteiger partial charge on any atom is -0.349 e. The van der Waals surface area contributed by atoms with Crippen LogP contribution >= 0.6 is 0 Å². The van der Waals surface area contributed by atoms with Crippen LogP contribution in [0.4, 0.5) is 32.0 Å². The number of hydrogen-bond donors (Lipinski definition) is 2. The molecule has 230 valence electrons. The van der Waals surface area contributed by atoms with E-state index in [1.807, 2.05) is 13.8 Å². The molecule has 2 N–H and O–H groups in total. The van der Waals surface area contributed by atoms with Gasteiger partial charge in [0, 0.05) is 28.9 Å². The van der Waals surface area contributed by atoms with Gasteiger partial charge in [-0.15, -0.1) is 5.10 Å². The molecule has 2 amide bonds. The van der Waals surface area contributed by atoms with Gasteiger partial charge in [-0.05, 0) is 32.4 Å². The van der Waals surface area contributed by atoms with Gasteiger partial charge in [0.25, 0.3) is 17.6 Å². The molecule has 1 aromatic carbocycles. The third kappa shape index (κ3) is 8.80. The zero-order chi connectivity index (χ0) is 32.0. The summed E-state index contributed by atoms with van der Waals surface area (Å²) in [6.45, 7) is 7.81. The van der Waals surface area contributed by atoms with Crippen LogP contribution < -0.4 is 10.6 Å². The standard InChI is InChI=1S/C23H23F6N7O3S.C2H6/c1-11-6-5-7-14(17(11)19(38)31-12(2)10-40(4)39)18(37)33-15-8-30-16(32-13(15)3)9-36-21(23(27,28)29)34-20(35-36)22(24,25)26;1-2/h5-8,12H,9-10H2,1-4H3,(H,31,38)(H,33,37);1-2H3. The average molecular weight is 622 g/mol. The molecule has 0 aliphatic heterocycles. The summed E-state index contributed by atoms with van der Waals surface area (Å²) in [4.78, 5) is 36.4. The molecule has 17 heteroatoms. The number of nitrogens with one attached hydrogen (secondary N) is 2. The van der Waals surface area contributed by atoms with Crippen molar-refractivity contribution in [3.05, 3.63) is 64.3 Å². The van der Waals surface area contributed by atoms with Gasteiger partial charge in [-0.25, -0.2) is 14.6 Å². The van der Waals surface area contributed by atoms with Gasteiger partial charge in [0.1, 0.15) is 12.4 Å². The number of alkyl halides is 6. The van der Waals surface area contributed by atoms with E-state index in [0.717, 1.165) is 6.20 Å². The highest BCUT2D eigenvalue weighted by molar-refractivity contribution is 7.84. The van der Waals surface area contributed by atoms with Gasteiger partial charge in [-0.3, -0.25) is 13.8 Å². The number of amides is 2. The van der Waals surface area contributed by atoms with Crippen molar-refractivity contribution in [3.63, 3.8) is 0 Å². The summed E-state index contributed by atoms with van der Waals surface area (Å²) in [6, 6.07) is 4.16. The Hall–Kier alpha value is -3.89. The molecule has 2 atom stereocenters. The van der Waals surface area contributed by atoms with Crippen LogP contribution in [0.15, 0.2) is 24.4 Å². The minimum absolute atomic E-state index is 0.00256. The van der Waals surface area contributed by atoms with E-state index in [4.69, 9.17) is 0 Å². The molecule has 0 fully saturated rings. The number of carbonyl (C=O) groups is 2. The summed E-state index contributed by atoms with van der Waals surface area (Å²) in [5.41, 5.74) is 0.700. The Morgan fingerprint density at radius 3 is 2.21 bits per heavy atom. The highest BCUT2D eigenvalue weighted by Gasteiger charge is 2.44. The van der Waals surface area contributed by atoms with Crippen molar-refractivity contribution in [2.24, 2.45) is 0 Å². The minimum atomic E-state index is -5.22. The number of anilines is 1. The summed E-state index contributed by atoms with van der Waals surface area (Å²) < 4.78 is 89.8. The van der Waals surface area contributed by atoms with Gasteiger partial charge in [-0.1, -0.05) is 26.0 Å². The maximum atomic E-state index is 13.2. The SMILES string of the molecule is CC.Cc1cccc(C(=O)Nc2cnc(Cn3nc(C(F)(F)F)nc3C(F)(F)F)nc2C)c1C(=O)NC(C)CS(C)=O. The first-order valence-corrected chi connectivity index (χ1v) is 14.1. The lowest BCUT2D eigenvalue weighted by atomic mass is 10.00. The van der Waals surface area contributed by atoms with Crippen molar-refractivity contribution in [2.45, 2.75) is 59.6 Å². The molecule has 0 spiro atoms. The number of carbonyl (C=O) groups excluding carboxylic acids is 2. The zero-order valence-corrected chi connectivity index (χ0v) is 24.3. The molecule has 10 nitrogen and oxygen atoms in total. The zero-order valence-electron chi connectivity index (χ0n) is 23.4. The summed E-state index contributed by atoms with van der Waals surface area (Å²) in [7, 11) is -1.16. The van der Waals surface area contributed by atoms with E-state index in [2.05, 4.69) is 30.7 Å². The lowest BCUT2D eigenvalue weighted by Gasteiger charge is -2.17. The first kappa shape index (κ1) is 34.3. The van der Waals surface area contributed by atoms with E-state index < -0.39 is 59.2 Å². The summed E-state index contributed by atoms with van der Waals surface area (Å²) in [6.07, 6.45) is -7.86. The number of nitrogens with zero attached hydrogens (tertiary/aromatic N) is 5. The van der Waals surface area contributed by atoms with Gasteiger partial charge >= 0.3 is 12.4 Å². The smallest absolute Gasteiger partial charge is 0.349 e. The van der Waals surface area contributed by atoms with Crippen molar-refractivity contribution in [2.75, 3.05) is 17.3 Å². The van der Waals surface area contributed by atoms with E-state index in [1.165, 1.54) is 19.2 Å². The van der Waals surface area contributed by atoms with Crippen LogP contribution in [0.5, 0.6) is 0 Å². The third-order valence-electron chi connectivity index (χ3n) is 5.35. The average Bonchev–Trinajstić information content (AvgIpc) is 3.31. The van der Waals surface area contributed by atoms with Crippen molar-refractivity contribution in [1.82, 2.24) is 30.0 Å². The number of rotatable bonds is 8. The van der Waals surface area contributed by atoms with Gasteiger partial charge in [-0.2, -0.15) is 31.3 Å². The van der Waals surface area contributed by atoms with Crippen LogP contribution in [0.25, 0.3) is 0 Å². The monoisotopic (exact) mass is 621 g/mol. The fourth-order valence-corrected chi connectivity index (χ4v) is 4.46. The van der Waals surface area contributed by atoms with Crippen LogP contribution in [0.3, 0.4) is 0 Å². The number of aryl methyl sites for hydroxylation is 2. The molecular weight excluding hydrogens is 592 g/mol. The predicted octanol–water partition coefficient (Wildman–Crippen LogP) is 4.55. The molecule has 0 bridgehead atoms. The van der Waals surface area contributed by atoms with Gasteiger partial charge < -0.3 is 10.6 Å². The third-order valence-corrected chi connectivity index (χ3v) is 6.32. The highest BCUT2D eigenvalue weighted by Crippen LogP contribution is 2.32. The highest BCUT2D eigenvalue weighted by atomic mass is 32.2. The molecule has 2 heterocycles. The quantitative estimate of drug-likeness (QED) is 0.353. The molecule has 0 aliphatic rings. The Kier molecular flexibility index (Phi) is 11.3. The maximum absolute atomic E-state index is 13.2. The fraction of sp³-hybridized carbons (Fsp3) is 0.440.